The van der Waals surface area contributed by atoms with Gasteiger partial charge in [0.05, 0.1) is 6.54 Å². The van der Waals surface area contributed by atoms with Crippen molar-refractivity contribution in [1.82, 2.24) is 4.90 Å². The van der Waals surface area contributed by atoms with Gasteiger partial charge in [-0.15, -0.1) is 0 Å². The van der Waals surface area contributed by atoms with Gasteiger partial charge in [-0.3, -0.25) is 4.90 Å². The standard InChI is InChI=1S/C14H23BrN2O/c1-2-9-17(10-13-7-8-14(15)18-13)12-5-3-11(16)4-6-12/h7-8,11-12H,2-6,9-10,16H2,1H3. The summed E-state index contributed by atoms with van der Waals surface area (Å²) >= 11 is 3.36. The van der Waals surface area contributed by atoms with E-state index in [1.807, 2.05) is 6.07 Å². The molecule has 0 radical (unpaired) electrons. The number of hydrogen-bond donors (Lipinski definition) is 1. The molecular formula is C14H23BrN2O. The van der Waals surface area contributed by atoms with Gasteiger partial charge in [-0.05, 0) is 66.7 Å². The molecule has 0 amide bonds. The first kappa shape index (κ1) is 14.1. The first-order valence-corrected chi connectivity index (χ1v) is 7.72. The normalized spacial score (nSPS) is 24.7. The molecule has 3 nitrogen and oxygen atoms in total. The van der Waals surface area contributed by atoms with E-state index in [0.29, 0.717) is 12.1 Å². The molecule has 0 unspecified atom stereocenters. The number of hydrogen-bond acceptors (Lipinski definition) is 3. The Labute approximate surface area is 118 Å². The molecule has 0 aromatic carbocycles. The molecule has 0 atom stereocenters. The molecule has 102 valence electrons. The minimum atomic E-state index is 0.419. The third-order valence-corrected chi connectivity index (χ3v) is 4.18. The van der Waals surface area contributed by atoms with E-state index in [1.54, 1.807) is 0 Å². The lowest BCUT2D eigenvalue weighted by Crippen LogP contribution is -2.40. The van der Waals surface area contributed by atoms with Crippen LogP contribution in [0.5, 0.6) is 0 Å². The zero-order chi connectivity index (χ0) is 13.0. The van der Waals surface area contributed by atoms with E-state index in [4.69, 9.17) is 10.2 Å². The highest BCUT2D eigenvalue weighted by atomic mass is 79.9. The van der Waals surface area contributed by atoms with E-state index < -0.39 is 0 Å². The van der Waals surface area contributed by atoms with Gasteiger partial charge in [0, 0.05) is 12.1 Å². The first-order chi connectivity index (χ1) is 8.69. The molecule has 4 heteroatoms. The zero-order valence-corrected chi connectivity index (χ0v) is 12.7. The maximum Gasteiger partial charge on any atom is 0.169 e. The third-order valence-electron chi connectivity index (χ3n) is 3.76. The topological polar surface area (TPSA) is 42.4 Å². The van der Waals surface area contributed by atoms with Crippen LogP contribution in [-0.4, -0.2) is 23.5 Å². The Kier molecular flexibility index (Phi) is 5.27. The fraction of sp³-hybridized carbons (Fsp3) is 0.714. The highest BCUT2D eigenvalue weighted by Gasteiger charge is 2.24. The quantitative estimate of drug-likeness (QED) is 0.904. The summed E-state index contributed by atoms with van der Waals surface area (Å²) in [6, 6.07) is 5.12. The Morgan fingerprint density at radius 1 is 1.33 bits per heavy atom. The van der Waals surface area contributed by atoms with Gasteiger partial charge in [-0.25, -0.2) is 0 Å². The zero-order valence-electron chi connectivity index (χ0n) is 11.1. The van der Waals surface area contributed by atoms with Crippen molar-refractivity contribution >= 4 is 15.9 Å². The van der Waals surface area contributed by atoms with Gasteiger partial charge < -0.3 is 10.2 Å². The molecule has 1 aromatic rings. The molecule has 1 saturated carbocycles. The molecule has 1 aliphatic carbocycles. The summed E-state index contributed by atoms with van der Waals surface area (Å²) in [5, 5.41) is 0. The molecule has 1 heterocycles. The molecule has 0 bridgehead atoms. The summed E-state index contributed by atoms with van der Waals surface area (Å²) in [5.74, 6) is 1.05. The maximum atomic E-state index is 5.98. The Hall–Kier alpha value is -0.320. The van der Waals surface area contributed by atoms with Gasteiger partial charge in [0.2, 0.25) is 0 Å². The van der Waals surface area contributed by atoms with Crippen LogP contribution in [-0.2, 0) is 6.54 Å². The van der Waals surface area contributed by atoms with Crippen LogP contribution in [0.3, 0.4) is 0 Å². The summed E-state index contributed by atoms with van der Waals surface area (Å²) in [7, 11) is 0. The van der Waals surface area contributed by atoms with E-state index in [1.165, 1.54) is 19.3 Å². The number of nitrogens with two attached hydrogens (primary N) is 1. The summed E-state index contributed by atoms with van der Waals surface area (Å²) in [6.45, 7) is 4.29. The summed E-state index contributed by atoms with van der Waals surface area (Å²) < 4.78 is 6.44. The van der Waals surface area contributed by atoms with Crippen LogP contribution < -0.4 is 5.73 Å². The number of rotatable bonds is 5. The van der Waals surface area contributed by atoms with Gasteiger partial charge in [-0.2, -0.15) is 0 Å². The Morgan fingerprint density at radius 3 is 2.61 bits per heavy atom. The highest BCUT2D eigenvalue weighted by Crippen LogP contribution is 2.25. The lowest BCUT2D eigenvalue weighted by atomic mass is 9.90. The molecule has 1 aromatic heterocycles. The van der Waals surface area contributed by atoms with Crippen molar-refractivity contribution in [3.63, 3.8) is 0 Å². The average molecular weight is 315 g/mol. The number of furan rings is 1. The molecule has 2 N–H and O–H groups in total. The minimum Gasteiger partial charge on any atom is -0.453 e. The van der Waals surface area contributed by atoms with Gasteiger partial charge >= 0.3 is 0 Å². The largest absolute Gasteiger partial charge is 0.453 e. The summed E-state index contributed by atoms with van der Waals surface area (Å²) in [5.41, 5.74) is 5.98. The fourth-order valence-electron chi connectivity index (χ4n) is 2.78. The van der Waals surface area contributed by atoms with Crippen LogP contribution in [0.1, 0.15) is 44.8 Å². The lowest BCUT2D eigenvalue weighted by Gasteiger charge is -2.35. The minimum absolute atomic E-state index is 0.419. The van der Waals surface area contributed by atoms with Crippen molar-refractivity contribution in [3.8, 4) is 0 Å². The van der Waals surface area contributed by atoms with E-state index in [0.717, 1.165) is 36.4 Å². The van der Waals surface area contributed by atoms with Gasteiger partial charge in [-0.1, -0.05) is 6.92 Å². The maximum absolute atomic E-state index is 5.98. The molecule has 0 saturated heterocycles. The van der Waals surface area contributed by atoms with Crippen LogP contribution >= 0.6 is 15.9 Å². The van der Waals surface area contributed by atoms with Crippen LogP contribution in [0.2, 0.25) is 0 Å². The molecule has 0 aliphatic heterocycles. The predicted molar refractivity (Wildman–Crippen MR) is 77.3 cm³/mol. The summed E-state index contributed by atoms with van der Waals surface area (Å²) in [4.78, 5) is 2.55. The Bertz CT molecular complexity index is 358. The van der Waals surface area contributed by atoms with Gasteiger partial charge in [0.15, 0.2) is 4.67 Å². The second kappa shape index (κ2) is 6.73. The Morgan fingerprint density at radius 2 is 2.06 bits per heavy atom. The Balaban J connectivity index is 1.94. The highest BCUT2D eigenvalue weighted by molar-refractivity contribution is 9.10. The lowest BCUT2D eigenvalue weighted by molar-refractivity contribution is 0.132. The second-order valence-corrected chi connectivity index (χ2v) is 6.03. The van der Waals surface area contributed by atoms with Crippen molar-refractivity contribution in [2.75, 3.05) is 6.54 Å². The number of halogens is 1. The van der Waals surface area contributed by atoms with Gasteiger partial charge in [0.25, 0.3) is 0 Å². The fourth-order valence-corrected chi connectivity index (χ4v) is 3.12. The van der Waals surface area contributed by atoms with Crippen molar-refractivity contribution in [2.24, 2.45) is 5.73 Å². The van der Waals surface area contributed by atoms with Gasteiger partial charge in [0.1, 0.15) is 5.76 Å². The van der Waals surface area contributed by atoms with E-state index in [9.17, 15) is 0 Å². The van der Waals surface area contributed by atoms with Crippen LogP contribution in [0.15, 0.2) is 21.2 Å². The van der Waals surface area contributed by atoms with E-state index in [-0.39, 0.29) is 0 Å². The average Bonchev–Trinajstić information content (AvgIpc) is 2.75. The van der Waals surface area contributed by atoms with Crippen molar-refractivity contribution in [2.45, 2.75) is 57.7 Å². The second-order valence-electron chi connectivity index (χ2n) is 5.24. The predicted octanol–water partition coefficient (Wildman–Crippen LogP) is 3.52. The monoisotopic (exact) mass is 314 g/mol. The van der Waals surface area contributed by atoms with Crippen LogP contribution in [0.25, 0.3) is 0 Å². The summed E-state index contributed by atoms with van der Waals surface area (Å²) in [6.07, 6.45) is 5.95. The van der Waals surface area contributed by atoms with Crippen molar-refractivity contribution in [1.29, 1.82) is 0 Å². The molecule has 2 rings (SSSR count). The molecule has 1 aliphatic rings. The smallest absolute Gasteiger partial charge is 0.169 e. The molecular weight excluding hydrogens is 292 g/mol. The van der Waals surface area contributed by atoms with Crippen molar-refractivity contribution < 1.29 is 4.42 Å². The molecule has 18 heavy (non-hydrogen) atoms. The number of nitrogens with zero attached hydrogens (tertiary/aromatic N) is 1. The van der Waals surface area contributed by atoms with Crippen LogP contribution in [0.4, 0.5) is 0 Å². The first-order valence-electron chi connectivity index (χ1n) is 6.93. The molecule has 0 spiro atoms. The molecule has 1 fully saturated rings. The van der Waals surface area contributed by atoms with Crippen LogP contribution in [0, 0.1) is 0 Å². The third kappa shape index (κ3) is 3.84. The van der Waals surface area contributed by atoms with E-state index >= 15 is 0 Å². The van der Waals surface area contributed by atoms with E-state index in [2.05, 4.69) is 33.8 Å². The SMILES string of the molecule is CCCN(Cc1ccc(Br)o1)C1CCC(N)CC1. The van der Waals surface area contributed by atoms with Crippen molar-refractivity contribution in [3.05, 3.63) is 22.6 Å².